The zero-order valence-electron chi connectivity index (χ0n) is 15.5. The van der Waals surface area contributed by atoms with Crippen LogP contribution in [0.25, 0.3) is 10.9 Å². The standard InChI is InChI=1S/C22H24ClN3O2/c23-17-6-7-19-16(10-17)11-21(25-19)22(27)26-20-9-15(8-18(20)24)13-28-12-14-4-2-1-3-5-14/h1-7,10-11,15,18,20,25H,8-9,12-13,24H2,(H,26,27). The molecule has 1 amide bonds. The summed E-state index contributed by atoms with van der Waals surface area (Å²) in [5.41, 5.74) is 8.84. The van der Waals surface area contributed by atoms with Crippen molar-refractivity contribution < 1.29 is 9.53 Å². The lowest BCUT2D eigenvalue weighted by atomic mass is 10.1. The third-order valence-electron chi connectivity index (χ3n) is 5.32. The van der Waals surface area contributed by atoms with Crippen LogP contribution in [0.2, 0.25) is 5.02 Å². The average molecular weight is 398 g/mol. The lowest BCUT2D eigenvalue weighted by molar-refractivity contribution is 0.0860. The van der Waals surface area contributed by atoms with E-state index in [4.69, 9.17) is 22.1 Å². The van der Waals surface area contributed by atoms with Crippen LogP contribution in [0, 0.1) is 5.92 Å². The predicted molar refractivity (Wildman–Crippen MR) is 111 cm³/mol. The highest BCUT2D eigenvalue weighted by atomic mass is 35.5. The largest absolute Gasteiger partial charge is 0.376 e. The zero-order chi connectivity index (χ0) is 19.5. The van der Waals surface area contributed by atoms with Gasteiger partial charge < -0.3 is 20.8 Å². The highest BCUT2D eigenvalue weighted by molar-refractivity contribution is 6.31. The summed E-state index contributed by atoms with van der Waals surface area (Å²) in [6, 6.07) is 17.3. The van der Waals surface area contributed by atoms with E-state index in [0.29, 0.717) is 29.8 Å². The van der Waals surface area contributed by atoms with E-state index < -0.39 is 0 Å². The number of fused-ring (bicyclic) bond motifs is 1. The molecule has 0 bridgehead atoms. The molecule has 1 aliphatic rings. The van der Waals surface area contributed by atoms with Crippen molar-refractivity contribution >= 4 is 28.4 Å². The fourth-order valence-electron chi connectivity index (χ4n) is 3.87. The second-order valence-electron chi connectivity index (χ2n) is 7.50. The first kappa shape index (κ1) is 19.0. The molecule has 3 unspecified atom stereocenters. The van der Waals surface area contributed by atoms with Crippen molar-refractivity contribution in [2.24, 2.45) is 11.7 Å². The van der Waals surface area contributed by atoms with Crippen molar-refractivity contribution in [1.82, 2.24) is 10.3 Å². The van der Waals surface area contributed by atoms with Gasteiger partial charge in [0.1, 0.15) is 5.69 Å². The van der Waals surface area contributed by atoms with Crippen molar-refractivity contribution in [3.05, 3.63) is 70.9 Å². The van der Waals surface area contributed by atoms with Gasteiger partial charge in [-0.25, -0.2) is 0 Å². The summed E-state index contributed by atoms with van der Waals surface area (Å²) in [6.07, 6.45) is 1.68. The maximum Gasteiger partial charge on any atom is 0.268 e. The van der Waals surface area contributed by atoms with Crippen molar-refractivity contribution in [1.29, 1.82) is 0 Å². The van der Waals surface area contributed by atoms with Gasteiger partial charge in [-0.2, -0.15) is 0 Å². The maximum absolute atomic E-state index is 12.6. The van der Waals surface area contributed by atoms with Gasteiger partial charge in [-0.1, -0.05) is 41.9 Å². The predicted octanol–water partition coefficient (Wildman–Crippen LogP) is 3.87. The Morgan fingerprint density at radius 2 is 2.00 bits per heavy atom. The molecular formula is C22H24ClN3O2. The molecule has 5 nitrogen and oxygen atoms in total. The lowest BCUT2D eigenvalue weighted by Gasteiger charge is -2.16. The number of nitrogens with one attached hydrogen (secondary N) is 2. The van der Waals surface area contributed by atoms with E-state index in [1.807, 2.05) is 36.4 Å². The van der Waals surface area contributed by atoms with Crippen molar-refractivity contribution in [2.75, 3.05) is 6.61 Å². The van der Waals surface area contributed by atoms with Crippen LogP contribution in [0.5, 0.6) is 0 Å². The van der Waals surface area contributed by atoms with Crippen LogP contribution in [0.3, 0.4) is 0 Å². The molecule has 0 aliphatic heterocycles. The molecule has 28 heavy (non-hydrogen) atoms. The summed E-state index contributed by atoms with van der Waals surface area (Å²) in [7, 11) is 0. The molecule has 4 N–H and O–H groups in total. The molecule has 2 aromatic carbocycles. The molecule has 146 valence electrons. The van der Waals surface area contributed by atoms with E-state index >= 15 is 0 Å². The van der Waals surface area contributed by atoms with Crippen molar-refractivity contribution in [2.45, 2.75) is 31.5 Å². The summed E-state index contributed by atoms with van der Waals surface area (Å²) in [5.74, 6) is 0.212. The molecule has 0 spiro atoms. The number of hydrogen-bond donors (Lipinski definition) is 3. The molecule has 1 heterocycles. The Morgan fingerprint density at radius 3 is 2.82 bits per heavy atom. The molecule has 1 aromatic heterocycles. The number of nitrogens with two attached hydrogens (primary N) is 1. The topological polar surface area (TPSA) is 80.1 Å². The van der Waals surface area contributed by atoms with Crippen molar-refractivity contribution in [3.8, 4) is 0 Å². The van der Waals surface area contributed by atoms with Gasteiger partial charge in [0.15, 0.2) is 0 Å². The fraction of sp³-hybridized carbons (Fsp3) is 0.318. The second-order valence-corrected chi connectivity index (χ2v) is 7.93. The van der Waals surface area contributed by atoms with Gasteiger partial charge in [-0.05, 0) is 48.6 Å². The third-order valence-corrected chi connectivity index (χ3v) is 5.55. The van der Waals surface area contributed by atoms with E-state index in [2.05, 4.69) is 22.4 Å². The Labute approximate surface area is 169 Å². The van der Waals surface area contributed by atoms with Gasteiger partial charge in [-0.15, -0.1) is 0 Å². The minimum atomic E-state index is -0.140. The quantitative estimate of drug-likeness (QED) is 0.590. The van der Waals surface area contributed by atoms with Gasteiger partial charge >= 0.3 is 0 Å². The molecular weight excluding hydrogens is 374 g/mol. The van der Waals surface area contributed by atoms with E-state index in [1.54, 1.807) is 6.07 Å². The number of halogens is 1. The number of carbonyl (C=O) groups excluding carboxylic acids is 1. The first-order valence-corrected chi connectivity index (χ1v) is 9.92. The summed E-state index contributed by atoms with van der Waals surface area (Å²) < 4.78 is 5.85. The number of benzene rings is 2. The molecule has 0 saturated heterocycles. The Morgan fingerprint density at radius 1 is 1.18 bits per heavy atom. The first-order valence-electron chi connectivity index (χ1n) is 9.55. The van der Waals surface area contributed by atoms with Gasteiger partial charge in [0.25, 0.3) is 5.91 Å². The highest BCUT2D eigenvalue weighted by Gasteiger charge is 2.33. The number of aromatic nitrogens is 1. The van der Waals surface area contributed by atoms with Crippen LogP contribution in [0.4, 0.5) is 0 Å². The van der Waals surface area contributed by atoms with Crippen LogP contribution in [0.15, 0.2) is 54.6 Å². The molecule has 3 aromatic rings. The maximum atomic E-state index is 12.6. The number of amides is 1. The average Bonchev–Trinajstić information content (AvgIpc) is 3.26. The SMILES string of the molecule is NC1CC(COCc2ccccc2)CC1NC(=O)c1cc2cc(Cl)ccc2[nH]1. The number of H-pyrrole nitrogens is 1. The van der Waals surface area contributed by atoms with Crippen LogP contribution < -0.4 is 11.1 Å². The van der Waals surface area contributed by atoms with Crippen molar-refractivity contribution in [3.63, 3.8) is 0 Å². The third kappa shape index (κ3) is 4.38. The minimum Gasteiger partial charge on any atom is -0.376 e. The van der Waals surface area contributed by atoms with Gasteiger partial charge in [0, 0.05) is 34.6 Å². The molecule has 1 saturated carbocycles. The van der Waals surface area contributed by atoms with Gasteiger partial charge in [0.2, 0.25) is 0 Å². The lowest BCUT2D eigenvalue weighted by Crippen LogP contribution is -2.44. The first-order chi connectivity index (χ1) is 13.6. The normalized spacial score (nSPS) is 21.9. The molecule has 1 fully saturated rings. The van der Waals surface area contributed by atoms with E-state index in [1.165, 1.54) is 0 Å². The molecule has 3 atom stereocenters. The Balaban J connectivity index is 1.31. The van der Waals surface area contributed by atoms with Crippen LogP contribution in [-0.4, -0.2) is 29.6 Å². The Bertz CT molecular complexity index is 957. The van der Waals surface area contributed by atoms with Crippen LogP contribution >= 0.6 is 11.6 Å². The summed E-state index contributed by atoms with van der Waals surface area (Å²) in [4.78, 5) is 15.8. The smallest absolute Gasteiger partial charge is 0.268 e. The number of aromatic amines is 1. The Kier molecular flexibility index (Phi) is 5.67. The van der Waals surface area contributed by atoms with E-state index in [0.717, 1.165) is 29.3 Å². The monoisotopic (exact) mass is 397 g/mol. The fourth-order valence-corrected chi connectivity index (χ4v) is 4.05. The summed E-state index contributed by atoms with van der Waals surface area (Å²) in [6.45, 7) is 1.25. The zero-order valence-corrected chi connectivity index (χ0v) is 16.3. The van der Waals surface area contributed by atoms with E-state index in [-0.39, 0.29) is 18.0 Å². The highest BCUT2D eigenvalue weighted by Crippen LogP contribution is 2.26. The van der Waals surface area contributed by atoms with Gasteiger partial charge in [0.05, 0.1) is 6.61 Å². The minimum absolute atomic E-state index is 0.0483. The number of hydrogen-bond acceptors (Lipinski definition) is 3. The van der Waals surface area contributed by atoms with E-state index in [9.17, 15) is 4.79 Å². The van der Waals surface area contributed by atoms with Crippen LogP contribution in [-0.2, 0) is 11.3 Å². The summed E-state index contributed by atoms with van der Waals surface area (Å²) >= 11 is 6.02. The molecule has 6 heteroatoms. The van der Waals surface area contributed by atoms with Gasteiger partial charge in [-0.3, -0.25) is 4.79 Å². The number of carbonyl (C=O) groups is 1. The molecule has 0 radical (unpaired) electrons. The number of ether oxygens (including phenoxy) is 1. The molecule has 1 aliphatic carbocycles. The Hall–Kier alpha value is -2.34. The number of rotatable bonds is 6. The molecule has 4 rings (SSSR count). The second kappa shape index (κ2) is 8.35. The summed E-state index contributed by atoms with van der Waals surface area (Å²) in [5, 5.41) is 4.64. The van der Waals surface area contributed by atoms with Crippen LogP contribution in [0.1, 0.15) is 28.9 Å².